The van der Waals surface area contributed by atoms with E-state index in [1.54, 1.807) is 38.7 Å². The van der Waals surface area contributed by atoms with Gasteiger partial charge < -0.3 is 19.3 Å². The Morgan fingerprint density at radius 3 is 2.54 bits per heavy atom. The van der Waals surface area contributed by atoms with E-state index in [-0.39, 0.29) is 18.0 Å². The van der Waals surface area contributed by atoms with Crippen LogP contribution < -0.4 is 14.4 Å². The predicted molar refractivity (Wildman–Crippen MR) is 104 cm³/mol. The molecule has 2 atom stereocenters. The zero-order chi connectivity index (χ0) is 19.3. The molecule has 7 heteroatoms. The molecule has 0 radical (unpaired) electrons. The molecule has 146 valence electrons. The standard InChI is InChI=1S/C21H24N4O3/c1-27-16-5-6-17(19(8-16)28-2)21(26)25-14-7-15(25)11-24(10-14)20-9-18(13-3-4-13)22-12-23-20/h5-6,8-9,12-15H,3-4,7,10-11H2,1-2H3. The quantitative estimate of drug-likeness (QED) is 0.794. The highest BCUT2D eigenvalue weighted by Crippen LogP contribution is 2.41. The third-order valence-electron chi connectivity index (χ3n) is 6.06. The predicted octanol–water partition coefficient (Wildman–Crippen LogP) is 2.47. The van der Waals surface area contributed by atoms with Gasteiger partial charge in [-0.3, -0.25) is 4.79 Å². The average molecular weight is 380 g/mol. The van der Waals surface area contributed by atoms with E-state index in [4.69, 9.17) is 9.47 Å². The van der Waals surface area contributed by atoms with Gasteiger partial charge in [0.15, 0.2) is 0 Å². The summed E-state index contributed by atoms with van der Waals surface area (Å²) in [6, 6.07) is 7.89. The summed E-state index contributed by atoms with van der Waals surface area (Å²) in [4.78, 5) is 26.4. The second kappa shape index (κ2) is 6.65. The van der Waals surface area contributed by atoms with E-state index >= 15 is 0 Å². The van der Waals surface area contributed by atoms with Gasteiger partial charge in [0.25, 0.3) is 5.91 Å². The van der Waals surface area contributed by atoms with Crippen molar-refractivity contribution in [3.63, 3.8) is 0 Å². The number of ether oxygens (including phenoxy) is 2. The first-order chi connectivity index (χ1) is 13.7. The Hall–Kier alpha value is -2.83. The second-order valence-electron chi connectivity index (χ2n) is 7.80. The molecule has 6 rings (SSSR count). The van der Waals surface area contributed by atoms with Gasteiger partial charge in [0, 0.05) is 36.8 Å². The van der Waals surface area contributed by atoms with E-state index in [1.165, 1.54) is 12.8 Å². The van der Waals surface area contributed by atoms with Gasteiger partial charge in [-0.25, -0.2) is 9.97 Å². The minimum atomic E-state index is 0.0294. The van der Waals surface area contributed by atoms with Gasteiger partial charge in [-0.05, 0) is 31.4 Å². The lowest BCUT2D eigenvalue weighted by atomic mass is 9.86. The van der Waals surface area contributed by atoms with Crippen LogP contribution in [0.4, 0.5) is 5.82 Å². The fourth-order valence-corrected chi connectivity index (χ4v) is 4.38. The summed E-state index contributed by atoms with van der Waals surface area (Å²) in [5.74, 6) is 2.86. The summed E-state index contributed by atoms with van der Waals surface area (Å²) >= 11 is 0. The number of nitrogens with zero attached hydrogens (tertiary/aromatic N) is 4. The molecule has 3 aliphatic heterocycles. The molecule has 2 aromatic rings. The molecule has 1 aliphatic carbocycles. The summed E-state index contributed by atoms with van der Waals surface area (Å²) in [5.41, 5.74) is 1.74. The van der Waals surface area contributed by atoms with E-state index in [0.29, 0.717) is 23.0 Å². The van der Waals surface area contributed by atoms with Crippen LogP contribution in [0.15, 0.2) is 30.6 Å². The number of methoxy groups -OCH3 is 2. The third-order valence-corrected chi connectivity index (χ3v) is 6.06. The highest BCUT2D eigenvalue weighted by Gasteiger charge is 2.48. The SMILES string of the molecule is COc1ccc(C(=O)N2C3CC2CN(c2cc(C4CC4)ncn2)C3)c(OC)c1. The van der Waals surface area contributed by atoms with Crippen molar-refractivity contribution in [3.8, 4) is 11.5 Å². The van der Waals surface area contributed by atoms with Crippen LogP contribution in [0, 0.1) is 0 Å². The van der Waals surface area contributed by atoms with Gasteiger partial charge >= 0.3 is 0 Å². The third kappa shape index (κ3) is 2.85. The van der Waals surface area contributed by atoms with Crippen LogP contribution in [0.5, 0.6) is 11.5 Å². The van der Waals surface area contributed by atoms with Crippen LogP contribution in [0.1, 0.15) is 41.2 Å². The Morgan fingerprint density at radius 1 is 1.07 bits per heavy atom. The number of piperazine rings is 1. The molecule has 7 nitrogen and oxygen atoms in total. The van der Waals surface area contributed by atoms with E-state index < -0.39 is 0 Å². The summed E-state index contributed by atoms with van der Waals surface area (Å²) in [6.45, 7) is 1.61. The first-order valence-corrected chi connectivity index (χ1v) is 9.79. The number of carbonyl (C=O) groups excluding carboxylic acids is 1. The summed E-state index contributed by atoms with van der Waals surface area (Å²) < 4.78 is 10.7. The molecule has 1 aromatic carbocycles. The number of piperidine rings is 1. The van der Waals surface area contributed by atoms with Crippen molar-refractivity contribution in [1.82, 2.24) is 14.9 Å². The highest BCUT2D eigenvalue weighted by atomic mass is 16.5. The Kier molecular flexibility index (Phi) is 4.10. The maximum atomic E-state index is 13.2. The lowest BCUT2D eigenvalue weighted by Crippen LogP contribution is -2.70. The van der Waals surface area contributed by atoms with Gasteiger partial charge in [-0.1, -0.05) is 0 Å². The normalized spacial score (nSPS) is 23.2. The van der Waals surface area contributed by atoms with Gasteiger partial charge in [-0.15, -0.1) is 0 Å². The number of hydrogen-bond donors (Lipinski definition) is 0. The van der Waals surface area contributed by atoms with Gasteiger partial charge in [0.1, 0.15) is 23.6 Å². The fraction of sp³-hybridized carbons (Fsp3) is 0.476. The number of anilines is 1. The fourth-order valence-electron chi connectivity index (χ4n) is 4.38. The number of aromatic nitrogens is 2. The van der Waals surface area contributed by atoms with Crippen LogP contribution in [-0.4, -0.2) is 60.2 Å². The molecule has 4 aliphatic rings. The topological polar surface area (TPSA) is 67.8 Å². The number of amides is 1. The number of rotatable bonds is 5. The zero-order valence-corrected chi connectivity index (χ0v) is 16.2. The number of hydrogen-bond acceptors (Lipinski definition) is 6. The van der Waals surface area contributed by atoms with Crippen molar-refractivity contribution >= 4 is 11.7 Å². The Balaban J connectivity index is 1.32. The minimum Gasteiger partial charge on any atom is -0.497 e. The molecule has 4 fully saturated rings. The molecule has 0 spiro atoms. The minimum absolute atomic E-state index is 0.0294. The Labute approximate surface area is 164 Å². The Bertz CT molecular complexity index is 902. The van der Waals surface area contributed by atoms with Gasteiger partial charge in [0.05, 0.1) is 31.9 Å². The largest absolute Gasteiger partial charge is 0.497 e. The maximum Gasteiger partial charge on any atom is 0.258 e. The van der Waals surface area contributed by atoms with Crippen LogP contribution in [0.3, 0.4) is 0 Å². The van der Waals surface area contributed by atoms with Crippen LogP contribution in [0.25, 0.3) is 0 Å². The van der Waals surface area contributed by atoms with Gasteiger partial charge in [-0.2, -0.15) is 0 Å². The van der Waals surface area contributed by atoms with Crippen LogP contribution in [0.2, 0.25) is 0 Å². The lowest BCUT2D eigenvalue weighted by Gasteiger charge is -2.56. The van der Waals surface area contributed by atoms with Crippen molar-refractivity contribution in [1.29, 1.82) is 0 Å². The lowest BCUT2D eigenvalue weighted by molar-refractivity contribution is 0.00551. The van der Waals surface area contributed by atoms with Crippen molar-refractivity contribution in [2.75, 3.05) is 32.2 Å². The van der Waals surface area contributed by atoms with Crippen LogP contribution >= 0.6 is 0 Å². The van der Waals surface area contributed by atoms with E-state index in [0.717, 1.165) is 31.0 Å². The molecule has 1 saturated carbocycles. The molecule has 0 N–H and O–H groups in total. The van der Waals surface area contributed by atoms with Crippen molar-refractivity contribution in [3.05, 3.63) is 41.9 Å². The molecule has 28 heavy (non-hydrogen) atoms. The van der Waals surface area contributed by atoms with Gasteiger partial charge in [0.2, 0.25) is 0 Å². The first-order valence-electron chi connectivity index (χ1n) is 9.79. The molecular formula is C21H24N4O3. The highest BCUT2D eigenvalue weighted by molar-refractivity contribution is 5.98. The Morgan fingerprint density at radius 2 is 1.86 bits per heavy atom. The zero-order valence-electron chi connectivity index (χ0n) is 16.2. The molecule has 3 saturated heterocycles. The maximum absolute atomic E-state index is 13.2. The second-order valence-corrected chi connectivity index (χ2v) is 7.80. The smallest absolute Gasteiger partial charge is 0.258 e. The number of carbonyl (C=O) groups is 1. The molecule has 1 aromatic heterocycles. The summed E-state index contributed by atoms with van der Waals surface area (Å²) in [5, 5.41) is 0. The average Bonchev–Trinajstić information content (AvgIpc) is 3.58. The number of benzene rings is 1. The number of fused-ring (bicyclic) bond motifs is 2. The molecule has 1 amide bonds. The summed E-state index contributed by atoms with van der Waals surface area (Å²) in [7, 11) is 3.18. The van der Waals surface area contributed by atoms with E-state index in [9.17, 15) is 4.79 Å². The van der Waals surface area contributed by atoms with E-state index in [1.807, 2.05) is 4.90 Å². The first kappa shape index (κ1) is 17.3. The molecule has 4 heterocycles. The van der Waals surface area contributed by atoms with E-state index in [2.05, 4.69) is 20.9 Å². The van der Waals surface area contributed by atoms with Crippen molar-refractivity contribution in [2.24, 2.45) is 0 Å². The molecular weight excluding hydrogens is 356 g/mol. The monoisotopic (exact) mass is 380 g/mol. The molecule has 2 unspecified atom stereocenters. The van der Waals surface area contributed by atoms with Crippen LogP contribution in [-0.2, 0) is 0 Å². The van der Waals surface area contributed by atoms with Crippen molar-refractivity contribution in [2.45, 2.75) is 37.3 Å². The van der Waals surface area contributed by atoms with Crippen molar-refractivity contribution < 1.29 is 14.3 Å². The summed E-state index contributed by atoms with van der Waals surface area (Å²) in [6.07, 6.45) is 5.18. The molecule has 2 bridgehead atoms.